The molecule has 0 saturated carbocycles. The average Bonchev–Trinajstić information content (AvgIpc) is 3.09. The fraction of sp³-hybridized carbons (Fsp3) is 0.188. The van der Waals surface area contributed by atoms with E-state index in [1.165, 1.54) is 26.6 Å². The van der Waals surface area contributed by atoms with E-state index in [0.717, 1.165) is 0 Å². The Morgan fingerprint density at radius 3 is 2.62 bits per heavy atom. The highest BCUT2D eigenvalue weighted by Gasteiger charge is 2.20. The molecule has 134 valence electrons. The highest BCUT2D eigenvalue weighted by Crippen LogP contribution is 2.34. The lowest BCUT2D eigenvalue weighted by atomic mass is 10.0. The van der Waals surface area contributed by atoms with Crippen LogP contribution in [0.3, 0.4) is 0 Å². The van der Waals surface area contributed by atoms with Gasteiger partial charge < -0.3 is 13.9 Å². The van der Waals surface area contributed by atoms with Crippen molar-refractivity contribution in [2.24, 2.45) is 0 Å². The van der Waals surface area contributed by atoms with Crippen LogP contribution in [0.1, 0.15) is 16.1 Å². The summed E-state index contributed by atoms with van der Waals surface area (Å²) in [5.41, 5.74) is 2.16. The second-order valence-corrected chi connectivity index (χ2v) is 5.50. The zero-order valence-electron chi connectivity index (χ0n) is 14.1. The second-order valence-electron chi connectivity index (χ2n) is 5.11. The van der Waals surface area contributed by atoms with Crippen LogP contribution in [0.15, 0.2) is 28.9 Å². The number of amides is 1. The maximum absolute atomic E-state index is 12.7. The molecule has 10 heteroatoms. The summed E-state index contributed by atoms with van der Waals surface area (Å²) in [5.74, 6) is -0.0256. The Hall–Kier alpha value is -3.20. The van der Waals surface area contributed by atoms with Gasteiger partial charge in [0.05, 0.1) is 26.0 Å². The van der Waals surface area contributed by atoms with Gasteiger partial charge in [-0.25, -0.2) is 4.98 Å². The van der Waals surface area contributed by atoms with E-state index < -0.39 is 5.91 Å². The quantitative estimate of drug-likeness (QED) is 0.677. The van der Waals surface area contributed by atoms with Gasteiger partial charge in [-0.15, -0.1) is 0 Å². The summed E-state index contributed by atoms with van der Waals surface area (Å²) in [6, 6.07) is 3.26. The number of pyridine rings is 2. The normalized spacial score (nSPS) is 10.5. The van der Waals surface area contributed by atoms with Crippen LogP contribution in [-0.4, -0.2) is 40.3 Å². The molecule has 0 atom stereocenters. The molecule has 1 amide bonds. The lowest BCUT2D eigenvalue weighted by Crippen LogP contribution is -2.14. The van der Waals surface area contributed by atoms with E-state index in [1.807, 2.05) is 6.92 Å². The van der Waals surface area contributed by atoms with Crippen molar-refractivity contribution in [1.82, 2.24) is 20.2 Å². The molecule has 1 N–H and O–H groups in total. The molecular weight excluding hydrogens is 362 g/mol. The number of rotatable bonds is 5. The molecular formula is C16H14ClN5O4. The first-order valence-corrected chi connectivity index (χ1v) is 7.75. The number of methoxy groups -OCH3 is 2. The van der Waals surface area contributed by atoms with Crippen LogP contribution in [0.2, 0.25) is 5.15 Å². The van der Waals surface area contributed by atoms with Gasteiger partial charge in [0.25, 0.3) is 5.91 Å². The van der Waals surface area contributed by atoms with Gasteiger partial charge in [-0.05, 0) is 19.1 Å². The standard InChI is InChI=1S/C16H14ClN5O4/c1-8-4-9(10-5-13(17)19-7-12(10)24-2)11(6-18-8)14(23)20-15-21-22-16(25-3)26-15/h4-7H,1-3H3,(H,20,21,23). The number of anilines is 1. The zero-order valence-corrected chi connectivity index (χ0v) is 14.9. The van der Waals surface area contributed by atoms with Gasteiger partial charge in [-0.1, -0.05) is 21.8 Å². The number of hydrogen-bond acceptors (Lipinski definition) is 8. The van der Waals surface area contributed by atoms with Crippen LogP contribution >= 0.6 is 11.6 Å². The molecule has 0 aromatic carbocycles. The van der Waals surface area contributed by atoms with Crippen molar-refractivity contribution in [3.05, 3.63) is 40.9 Å². The minimum atomic E-state index is -0.492. The second kappa shape index (κ2) is 7.36. The number of halogens is 1. The van der Waals surface area contributed by atoms with Crippen LogP contribution in [0.25, 0.3) is 11.1 Å². The SMILES string of the molecule is COc1nnc(NC(=O)c2cnc(C)cc2-c2cc(Cl)ncc2OC)o1. The summed E-state index contributed by atoms with van der Waals surface area (Å²) in [6.07, 6.45) is 2.87. The van der Waals surface area contributed by atoms with Gasteiger partial charge in [-0.2, -0.15) is 0 Å². The molecule has 9 nitrogen and oxygen atoms in total. The maximum Gasteiger partial charge on any atom is 0.415 e. The first-order valence-electron chi connectivity index (χ1n) is 7.37. The molecule has 0 spiro atoms. The molecule has 3 aromatic heterocycles. The Morgan fingerprint density at radius 1 is 1.12 bits per heavy atom. The molecule has 0 radical (unpaired) electrons. The van der Waals surface area contributed by atoms with Gasteiger partial charge in [0.2, 0.25) is 0 Å². The maximum atomic E-state index is 12.7. The summed E-state index contributed by atoms with van der Waals surface area (Å²) in [4.78, 5) is 20.9. The van der Waals surface area contributed by atoms with Gasteiger partial charge in [0.1, 0.15) is 10.9 Å². The minimum absolute atomic E-state index is 0.0647. The fourth-order valence-corrected chi connectivity index (χ4v) is 2.42. The van der Waals surface area contributed by atoms with Crippen molar-refractivity contribution in [2.45, 2.75) is 6.92 Å². The fourth-order valence-electron chi connectivity index (χ4n) is 2.26. The highest BCUT2D eigenvalue weighted by molar-refractivity contribution is 6.29. The first-order chi connectivity index (χ1) is 12.5. The lowest BCUT2D eigenvalue weighted by Gasteiger charge is -2.13. The summed E-state index contributed by atoms with van der Waals surface area (Å²) in [7, 11) is 2.88. The number of nitrogens with one attached hydrogen (secondary N) is 1. The molecule has 0 bridgehead atoms. The van der Waals surface area contributed by atoms with Crippen molar-refractivity contribution in [2.75, 3.05) is 19.5 Å². The average molecular weight is 376 g/mol. The highest BCUT2D eigenvalue weighted by atomic mass is 35.5. The zero-order chi connectivity index (χ0) is 18.7. The summed E-state index contributed by atoms with van der Waals surface area (Å²) in [6.45, 7) is 1.81. The van der Waals surface area contributed by atoms with Crippen molar-refractivity contribution in [1.29, 1.82) is 0 Å². The minimum Gasteiger partial charge on any atom is -0.494 e. The van der Waals surface area contributed by atoms with E-state index in [9.17, 15) is 4.79 Å². The summed E-state index contributed by atoms with van der Waals surface area (Å²) < 4.78 is 15.2. The molecule has 0 unspecified atom stereocenters. The Bertz CT molecular complexity index is 960. The number of carbonyl (C=O) groups is 1. The van der Waals surface area contributed by atoms with Crippen molar-refractivity contribution in [3.8, 4) is 23.0 Å². The van der Waals surface area contributed by atoms with Gasteiger partial charge in [0, 0.05) is 23.0 Å². The molecule has 0 fully saturated rings. The van der Waals surface area contributed by atoms with Crippen LogP contribution in [0, 0.1) is 6.92 Å². The van der Waals surface area contributed by atoms with E-state index in [2.05, 4.69) is 25.5 Å². The van der Waals surface area contributed by atoms with E-state index in [0.29, 0.717) is 22.6 Å². The topological polar surface area (TPSA) is 112 Å². The Morgan fingerprint density at radius 2 is 1.92 bits per heavy atom. The Balaban J connectivity index is 2.03. The number of nitrogens with zero attached hydrogens (tertiary/aromatic N) is 4. The number of aryl methyl sites for hydroxylation is 1. The number of carbonyl (C=O) groups excluding carboxylic acids is 1. The van der Waals surface area contributed by atoms with Gasteiger partial charge in [0.15, 0.2) is 0 Å². The molecule has 26 heavy (non-hydrogen) atoms. The van der Waals surface area contributed by atoms with Crippen LogP contribution in [-0.2, 0) is 0 Å². The van der Waals surface area contributed by atoms with E-state index in [1.54, 1.807) is 12.1 Å². The van der Waals surface area contributed by atoms with Gasteiger partial charge in [-0.3, -0.25) is 15.1 Å². The summed E-state index contributed by atoms with van der Waals surface area (Å²) >= 11 is 6.01. The predicted molar refractivity (Wildman–Crippen MR) is 92.6 cm³/mol. The largest absolute Gasteiger partial charge is 0.494 e. The smallest absolute Gasteiger partial charge is 0.415 e. The molecule has 0 aliphatic heterocycles. The molecule has 0 aliphatic carbocycles. The summed E-state index contributed by atoms with van der Waals surface area (Å²) in [5, 5.41) is 10.0. The Kier molecular flexibility index (Phi) is 4.99. The van der Waals surface area contributed by atoms with E-state index >= 15 is 0 Å². The van der Waals surface area contributed by atoms with Crippen LogP contribution in [0.4, 0.5) is 6.01 Å². The molecule has 0 aliphatic rings. The number of ether oxygens (including phenoxy) is 2. The molecule has 3 rings (SSSR count). The first kappa shape index (κ1) is 17.6. The van der Waals surface area contributed by atoms with Gasteiger partial charge >= 0.3 is 12.1 Å². The Labute approximate surface area is 153 Å². The van der Waals surface area contributed by atoms with Crippen LogP contribution < -0.4 is 14.8 Å². The van der Waals surface area contributed by atoms with E-state index in [-0.39, 0.29) is 22.8 Å². The monoisotopic (exact) mass is 375 g/mol. The van der Waals surface area contributed by atoms with Crippen molar-refractivity contribution < 1.29 is 18.7 Å². The third-order valence-electron chi connectivity index (χ3n) is 3.43. The third-order valence-corrected chi connectivity index (χ3v) is 3.64. The van der Waals surface area contributed by atoms with Crippen LogP contribution in [0.5, 0.6) is 11.8 Å². The lowest BCUT2D eigenvalue weighted by molar-refractivity contribution is 0.102. The third kappa shape index (κ3) is 3.57. The van der Waals surface area contributed by atoms with Crippen molar-refractivity contribution in [3.63, 3.8) is 0 Å². The number of aromatic nitrogens is 4. The molecule has 3 aromatic rings. The molecule has 0 saturated heterocycles. The van der Waals surface area contributed by atoms with E-state index in [4.69, 9.17) is 25.5 Å². The van der Waals surface area contributed by atoms with Crippen molar-refractivity contribution >= 4 is 23.5 Å². The predicted octanol–water partition coefficient (Wildman–Crippen LogP) is 2.76. The number of hydrogen-bond donors (Lipinski definition) is 1. The molecule has 3 heterocycles.